The third-order valence-corrected chi connectivity index (χ3v) is 6.47. The minimum atomic E-state index is -0.292. The number of ether oxygens (including phenoxy) is 1. The summed E-state index contributed by atoms with van der Waals surface area (Å²) in [5.74, 6) is -0.292. The second-order valence-corrected chi connectivity index (χ2v) is 9.67. The number of pyridine rings is 2. The fourth-order valence-electron chi connectivity index (χ4n) is 4.74. The third kappa shape index (κ3) is 5.81. The highest BCUT2D eigenvalue weighted by Gasteiger charge is 2.31. The van der Waals surface area contributed by atoms with Crippen LogP contribution in [0, 0.1) is 6.92 Å². The largest absolute Gasteiger partial charge is 0.375 e. The molecule has 6 nitrogen and oxygen atoms in total. The standard InChI is InChI=1S/C28H33N3O3/c1-20-17-25(32)26(27(33)30-23-13-16-34-28(2,3)18-23)24(10-9-21-7-5-4-6-8-21)31(20)19-22-11-14-29-15-12-22/h4-8,11-12,14-15,17,23H,9-10,13,16,18-19H2,1-3H3,(H,30,33). The number of rotatable bonds is 7. The average Bonchev–Trinajstić information content (AvgIpc) is 2.80. The molecule has 0 radical (unpaired) electrons. The molecule has 3 heterocycles. The first-order valence-corrected chi connectivity index (χ1v) is 11.9. The fourth-order valence-corrected chi connectivity index (χ4v) is 4.74. The Morgan fingerprint density at radius 1 is 1.12 bits per heavy atom. The summed E-state index contributed by atoms with van der Waals surface area (Å²) in [6.45, 7) is 7.16. The van der Waals surface area contributed by atoms with Gasteiger partial charge in [-0.05, 0) is 69.7 Å². The third-order valence-electron chi connectivity index (χ3n) is 6.47. The first-order valence-electron chi connectivity index (χ1n) is 11.9. The molecular weight excluding hydrogens is 426 g/mol. The van der Waals surface area contributed by atoms with Gasteiger partial charge in [0, 0.05) is 49.0 Å². The van der Waals surface area contributed by atoms with Gasteiger partial charge < -0.3 is 14.6 Å². The summed E-state index contributed by atoms with van der Waals surface area (Å²) in [7, 11) is 0. The Kier molecular flexibility index (Phi) is 7.27. The van der Waals surface area contributed by atoms with Gasteiger partial charge in [-0.2, -0.15) is 0 Å². The Labute approximate surface area is 201 Å². The SMILES string of the molecule is Cc1cc(=O)c(C(=O)NC2CCOC(C)(C)C2)c(CCc2ccccc2)n1Cc1ccncc1. The van der Waals surface area contributed by atoms with Crippen LogP contribution in [0.25, 0.3) is 0 Å². The number of aromatic nitrogens is 2. The molecular formula is C28H33N3O3. The summed E-state index contributed by atoms with van der Waals surface area (Å²) in [6, 6.07) is 15.6. The maximum atomic E-state index is 13.5. The van der Waals surface area contributed by atoms with Gasteiger partial charge in [0.1, 0.15) is 5.56 Å². The molecule has 34 heavy (non-hydrogen) atoms. The maximum absolute atomic E-state index is 13.5. The molecule has 1 N–H and O–H groups in total. The highest BCUT2D eigenvalue weighted by molar-refractivity contribution is 5.95. The van der Waals surface area contributed by atoms with Crippen LogP contribution in [0.4, 0.5) is 0 Å². The lowest BCUT2D eigenvalue weighted by Crippen LogP contribution is -2.47. The van der Waals surface area contributed by atoms with Gasteiger partial charge in [-0.15, -0.1) is 0 Å². The number of hydrogen-bond acceptors (Lipinski definition) is 4. The molecule has 6 heteroatoms. The summed E-state index contributed by atoms with van der Waals surface area (Å²) in [5.41, 5.74) is 3.59. The molecule has 0 bridgehead atoms. The van der Waals surface area contributed by atoms with Crippen molar-refractivity contribution in [1.29, 1.82) is 0 Å². The molecule has 1 aromatic carbocycles. The smallest absolute Gasteiger partial charge is 0.257 e. The van der Waals surface area contributed by atoms with Gasteiger partial charge in [0.25, 0.3) is 5.91 Å². The van der Waals surface area contributed by atoms with Crippen LogP contribution < -0.4 is 10.7 Å². The first-order chi connectivity index (χ1) is 16.3. The quantitative estimate of drug-likeness (QED) is 0.578. The van der Waals surface area contributed by atoms with Crippen molar-refractivity contribution in [2.75, 3.05) is 6.61 Å². The molecule has 1 atom stereocenters. The Balaban J connectivity index is 1.70. The number of hydrogen-bond donors (Lipinski definition) is 1. The van der Waals surface area contributed by atoms with E-state index >= 15 is 0 Å². The van der Waals surface area contributed by atoms with Crippen LogP contribution in [0.5, 0.6) is 0 Å². The van der Waals surface area contributed by atoms with Crippen molar-refractivity contribution >= 4 is 5.91 Å². The molecule has 1 aliphatic heterocycles. The molecule has 2 aromatic heterocycles. The van der Waals surface area contributed by atoms with Crippen molar-refractivity contribution in [2.24, 2.45) is 0 Å². The van der Waals surface area contributed by atoms with Gasteiger partial charge in [0.15, 0.2) is 5.43 Å². The molecule has 3 aromatic rings. The van der Waals surface area contributed by atoms with E-state index in [1.54, 1.807) is 18.5 Å². The molecule has 0 spiro atoms. The number of aryl methyl sites for hydroxylation is 2. The minimum Gasteiger partial charge on any atom is -0.375 e. The maximum Gasteiger partial charge on any atom is 0.257 e. The van der Waals surface area contributed by atoms with Crippen molar-refractivity contribution in [3.63, 3.8) is 0 Å². The predicted octanol–water partition coefficient (Wildman–Crippen LogP) is 4.07. The second kappa shape index (κ2) is 10.3. The van der Waals surface area contributed by atoms with Crippen molar-refractivity contribution in [1.82, 2.24) is 14.9 Å². The highest BCUT2D eigenvalue weighted by atomic mass is 16.5. The van der Waals surface area contributed by atoms with Gasteiger partial charge in [0.2, 0.25) is 0 Å². The van der Waals surface area contributed by atoms with E-state index in [2.05, 4.69) is 27.0 Å². The van der Waals surface area contributed by atoms with Crippen molar-refractivity contribution in [3.8, 4) is 0 Å². The normalized spacial score (nSPS) is 17.3. The van der Waals surface area contributed by atoms with Crippen LogP contribution in [-0.4, -0.2) is 33.7 Å². The predicted molar refractivity (Wildman–Crippen MR) is 133 cm³/mol. The number of nitrogens with zero attached hydrogens (tertiary/aromatic N) is 2. The zero-order valence-electron chi connectivity index (χ0n) is 20.2. The van der Waals surface area contributed by atoms with Crippen LogP contribution in [0.1, 0.15) is 59.6 Å². The summed E-state index contributed by atoms with van der Waals surface area (Å²) >= 11 is 0. The molecule has 1 saturated heterocycles. The van der Waals surface area contributed by atoms with Crippen LogP contribution in [0.2, 0.25) is 0 Å². The molecule has 0 saturated carbocycles. The zero-order chi connectivity index (χ0) is 24.1. The van der Waals surface area contributed by atoms with E-state index in [9.17, 15) is 9.59 Å². The van der Waals surface area contributed by atoms with E-state index in [1.807, 2.05) is 51.1 Å². The molecule has 1 aliphatic rings. The topological polar surface area (TPSA) is 73.2 Å². The number of carbonyl (C=O) groups is 1. The van der Waals surface area contributed by atoms with Gasteiger partial charge >= 0.3 is 0 Å². The average molecular weight is 460 g/mol. The first kappa shape index (κ1) is 23.9. The van der Waals surface area contributed by atoms with Crippen LogP contribution in [0.3, 0.4) is 0 Å². The lowest BCUT2D eigenvalue weighted by molar-refractivity contribution is -0.0615. The van der Waals surface area contributed by atoms with Gasteiger partial charge in [-0.1, -0.05) is 30.3 Å². The number of nitrogens with one attached hydrogen (secondary N) is 1. The Morgan fingerprint density at radius 3 is 2.56 bits per heavy atom. The molecule has 178 valence electrons. The monoisotopic (exact) mass is 459 g/mol. The number of carbonyl (C=O) groups excluding carboxylic acids is 1. The minimum absolute atomic E-state index is 0.0208. The lowest BCUT2D eigenvalue weighted by atomic mass is 9.93. The lowest BCUT2D eigenvalue weighted by Gasteiger charge is -2.36. The molecule has 0 aliphatic carbocycles. The van der Waals surface area contributed by atoms with Crippen LogP contribution >= 0.6 is 0 Å². The summed E-state index contributed by atoms with van der Waals surface area (Å²) in [4.78, 5) is 30.8. The van der Waals surface area contributed by atoms with Crippen LogP contribution in [0.15, 0.2) is 65.7 Å². The Morgan fingerprint density at radius 2 is 1.85 bits per heavy atom. The summed E-state index contributed by atoms with van der Waals surface area (Å²) in [6.07, 6.45) is 6.31. The molecule has 1 fully saturated rings. The van der Waals surface area contributed by atoms with E-state index in [0.29, 0.717) is 19.6 Å². The van der Waals surface area contributed by atoms with Gasteiger partial charge in [0.05, 0.1) is 5.60 Å². The zero-order valence-corrected chi connectivity index (χ0v) is 20.2. The Hall–Kier alpha value is -3.25. The fraction of sp³-hybridized carbons (Fsp3) is 0.393. The van der Waals surface area contributed by atoms with Gasteiger partial charge in [-0.3, -0.25) is 14.6 Å². The number of amides is 1. The molecule has 4 rings (SSSR count). The highest BCUT2D eigenvalue weighted by Crippen LogP contribution is 2.24. The van der Waals surface area contributed by atoms with E-state index in [0.717, 1.165) is 36.2 Å². The van der Waals surface area contributed by atoms with Crippen molar-refractivity contribution < 1.29 is 9.53 Å². The Bertz CT molecular complexity index is 1190. The van der Waals surface area contributed by atoms with Crippen molar-refractivity contribution in [2.45, 2.75) is 64.6 Å². The van der Waals surface area contributed by atoms with E-state index in [4.69, 9.17) is 4.74 Å². The molecule has 1 unspecified atom stereocenters. The van der Waals surface area contributed by atoms with Crippen molar-refractivity contribution in [3.05, 3.63) is 99.2 Å². The van der Waals surface area contributed by atoms with Gasteiger partial charge in [-0.25, -0.2) is 0 Å². The summed E-state index contributed by atoms with van der Waals surface area (Å²) in [5, 5.41) is 3.14. The van der Waals surface area contributed by atoms with E-state index in [-0.39, 0.29) is 28.5 Å². The number of benzene rings is 1. The van der Waals surface area contributed by atoms with E-state index in [1.165, 1.54) is 5.56 Å². The summed E-state index contributed by atoms with van der Waals surface area (Å²) < 4.78 is 7.90. The van der Waals surface area contributed by atoms with E-state index < -0.39 is 0 Å². The molecule has 1 amide bonds. The second-order valence-electron chi connectivity index (χ2n) is 9.67. The van der Waals surface area contributed by atoms with Crippen LogP contribution in [-0.2, 0) is 24.1 Å².